The van der Waals surface area contributed by atoms with Crippen LogP contribution in [0.2, 0.25) is 0 Å². The summed E-state index contributed by atoms with van der Waals surface area (Å²) < 4.78 is 34.4. The molecule has 94 heavy (non-hydrogen) atoms. The van der Waals surface area contributed by atoms with Crippen LogP contribution in [-0.2, 0) is 33.2 Å². The molecule has 0 aromatic heterocycles. The highest BCUT2D eigenvalue weighted by molar-refractivity contribution is 5.76. The van der Waals surface area contributed by atoms with Crippen molar-refractivity contribution in [3.8, 4) is 0 Å². The molecule has 0 saturated carbocycles. The highest BCUT2D eigenvalue weighted by Crippen LogP contribution is 2.33. The van der Waals surface area contributed by atoms with Crippen molar-refractivity contribution < 1.29 is 89.4 Å². The molecule has 3 fully saturated rings. The fraction of sp³-hybridized carbons (Fsp3) is 0.907. The second kappa shape index (κ2) is 56.7. The number of aliphatic hydroxyl groups excluding tert-OH is 11. The highest BCUT2D eigenvalue weighted by atomic mass is 16.8. The number of ether oxygens (including phenoxy) is 6. The normalized spacial score (nSPS) is 27.5. The Morgan fingerprint density at radius 3 is 1.11 bits per heavy atom. The smallest absolute Gasteiger partial charge is 0.220 e. The number of hydrogen-bond donors (Lipinski definition) is 12. The lowest BCUT2D eigenvalue weighted by atomic mass is 9.96. The van der Waals surface area contributed by atoms with Crippen LogP contribution in [0.3, 0.4) is 0 Å². The third kappa shape index (κ3) is 37.4. The molecule has 17 unspecified atom stereocenters. The zero-order chi connectivity index (χ0) is 68.2. The number of hydrogen-bond acceptors (Lipinski definition) is 18. The summed E-state index contributed by atoms with van der Waals surface area (Å²) in [5, 5.41) is 121. The van der Waals surface area contributed by atoms with Gasteiger partial charge in [0.2, 0.25) is 5.91 Å². The summed E-state index contributed by atoms with van der Waals surface area (Å²) in [5.41, 5.74) is 0. The molecule has 0 aromatic rings. The van der Waals surface area contributed by atoms with Crippen LogP contribution in [-0.4, -0.2) is 193 Å². The van der Waals surface area contributed by atoms with Crippen LogP contribution in [0, 0.1) is 0 Å². The van der Waals surface area contributed by atoms with Crippen molar-refractivity contribution >= 4 is 5.91 Å². The van der Waals surface area contributed by atoms with Gasteiger partial charge in [-0.3, -0.25) is 4.79 Å². The van der Waals surface area contributed by atoms with Gasteiger partial charge in [-0.25, -0.2) is 0 Å². The average molecular weight is 1340 g/mol. The highest BCUT2D eigenvalue weighted by Gasteiger charge is 2.53. The molecule has 0 radical (unpaired) electrons. The van der Waals surface area contributed by atoms with Gasteiger partial charge in [-0.2, -0.15) is 0 Å². The first kappa shape index (κ1) is 86.2. The largest absolute Gasteiger partial charge is 0.394 e. The van der Waals surface area contributed by atoms with Crippen LogP contribution in [0.25, 0.3) is 0 Å². The molecule has 552 valence electrons. The van der Waals surface area contributed by atoms with E-state index in [1.54, 1.807) is 6.08 Å². The van der Waals surface area contributed by atoms with Crippen LogP contribution in [0.1, 0.15) is 303 Å². The third-order valence-electron chi connectivity index (χ3n) is 19.2. The minimum absolute atomic E-state index is 0.239. The quantitative estimate of drug-likeness (QED) is 0.0199. The maximum atomic E-state index is 13.4. The second-order valence-corrected chi connectivity index (χ2v) is 27.5. The number of amides is 1. The Bertz CT molecular complexity index is 1840. The monoisotopic (exact) mass is 1340 g/mol. The van der Waals surface area contributed by atoms with Crippen molar-refractivity contribution in [1.82, 2.24) is 5.32 Å². The van der Waals surface area contributed by atoms with Gasteiger partial charge >= 0.3 is 0 Å². The second-order valence-electron chi connectivity index (χ2n) is 27.5. The molecule has 19 heteroatoms. The van der Waals surface area contributed by atoms with E-state index >= 15 is 0 Å². The van der Waals surface area contributed by atoms with Gasteiger partial charge < -0.3 is 89.9 Å². The van der Waals surface area contributed by atoms with E-state index in [0.717, 1.165) is 64.2 Å². The van der Waals surface area contributed by atoms with Crippen molar-refractivity contribution in [3.05, 3.63) is 36.5 Å². The van der Waals surface area contributed by atoms with Gasteiger partial charge in [0.25, 0.3) is 0 Å². The zero-order valence-electron chi connectivity index (χ0n) is 58.7. The van der Waals surface area contributed by atoms with Crippen molar-refractivity contribution in [2.45, 2.75) is 407 Å². The first-order chi connectivity index (χ1) is 45.8. The molecule has 1 amide bonds. The molecule has 3 heterocycles. The van der Waals surface area contributed by atoms with Gasteiger partial charge in [0.15, 0.2) is 18.9 Å². The number of carbonyl (C=O) groups excluding carboxylic acids is 1. The summed E-state index contributed by atoms with van der Waals surface area (Å²) in [6, 6.07) is -0.976. The summed E-state index contributed by atoms with van der Waals surface area (Å²) >= 11 is 0. The number of rotatable bonds is 60. The summed E-state index contributed by atoms with van der Waals surface area (Å²) in [5.74, 6) is -0.277. The zero-order valence-corrected chi connectivity index (χ0v) is 58.7. The van der Waals surface area contributed by atoms with Crippen molar-refractivity contribution in [2.75, 3.05) is 26.4 Å². The molecule has 0 spiro atoms. The predicted molar refractivity (Wildman–Crippen MR) is 369 cm³/mol. The summed E-state index contributed by atoms with van der Waals surface area (Å²) in [6.07, 6.45) is 41.3. The van der Waals surface area contributed by atoms with Crippen molar-refractivity contribution in [3.63, 3.8) is 0 Å². The Morgan fingerprint density at radius 2 is 0.702 bits per heavy atom. The standard InChI is InChI=1S/C75H139NO18/c1-3-5-7-9-11-13-15-17-19-21-23-24-25-26-27-28-29-30-31-32-33-35-36-38-40-42-44-46-48-50-52-59(80)58(76-63(81)53-51-49-47-45-43-41-39-37-34-22-20-18-16-14-12-10-8-6-4-2)57-89-73-69(87)66(84)71(61(55-78)91-73)94-75-70(88)67(85)72(62(56-79)92-75)93-74-68(86)65(83)64(82)60(54-77)90-74/h12,14,18,20,50,52,58-62,64-75,77-80,82-88H,3-11,13,15-17,19,21-49,51,53-57H2,1-2H3,(H,76,81)/b14-12-,20-18-,52-50+. The lowest BCUT2D eigenvalue weighted by Gasteiger charge is -2.48. The topological polar surface area (TPSA) is 307 Å². The minimum atomic E-state index is -1.98. The van der Waals surface area contributed by atoms with Gasteiger partial charge in [0, 0.05) is 6.42 Å². The fourth-order valence-electron chi connectivity index (χ4n) is 13.0. The molecule has 3 rings (SSSR count). The molecule has 3 aliphatic rings. The van der Waals surface area contributed by atoms with Crippen LogP contribution in [0.15, 0.2) is 36.5 Å². The fourth-order valence-corrected chi connectivity index (χ4v) is 13.0. The Labute approximate surface area is 568 Å². The van der Waals surface area contributed by atoms with Crippen molar-refractivity contribution in [2.24, 2.45) is 0 Å². The number of nitrogens with one attached hydrogen (secondary N) is 1. The Morgan fingerprint density at radius 1 is 0.383 bits per heavy atom. The number of carbonyl (C=O) groups is 1. The Kier molecular flexibility index (Phi) is 52.0. The molecule has 0 bridgehead atoms. The van der Waals surface area contributed by atoms with Crippen LogP contribution >= 0.6 is 0 Å². The Balaban J connectivity index is 1.39. The van der Waals surface area contributed by atoms with E-state index in [1.165, 1.54) is 212 Å². The molecule has 0 aliphatic carbocycles. The van der Waals surface area contributed by atoms with Crippen LogP contribution < -0.4 is 5.32 Å². The maximum absolute atomic E-state index is 13.4. The first-order valence-corrected chi connectivity index (χ1v) is 38.2. The molecule has 12 N–H and O–H groups in total. The molecular weight excluding hydrogens is 1200 g/mol. The lowest BCUT2D eigenvalue weighted by Crippen LogP contribution is -2.66. The molecular formula is C75H139NO18. The van der Waals surface area contributed by atoms with E-state index in [0.29, 0.717) is 6.42 Å². The number of unbranched alkanes of at least 4 members (excludes halogenated alkanes) is 40. The maximum Gasteiger partial charge on any atom is 0.220 e. The van der Waals surface area contributed by atoms with E-state index in [4.69, 9.17) is 28.4 Å². The first-order valence-electron chi connectivity index (χ1n) is 38.2. The molecule has 3 aliphatic heterocycles. The predicted octanol–water partition coefficient (Wildman–Crippen LogP) is 11.6. The van der Waals surface area contributed by atoms with E-state index in [-0.39, 0.29) is 18.9 Å². The number of aliphatic hydroxyl groups is 11. The van der Waals surface area contributed by atoms with E-state index in [2.05, 4.69) is 43.5 Å². The summed E-state index contributed by atoms with van der Waals surface area (Å²) in [4.78, 5) is 13.4. The van der Waals surface area contributed by atoms with E-state index in [9.17, 15) is 61.0 Å². The summed E-state index contributed by atoms with van der Waals surface area (Å²) in [6.45, 7) is 1.74. The molecule has 0 aromatic carbocycles. The Hall–Kier alpha value is -1.99. The summed E-state index contributed by atoms with van der Waals surface area (Å²) in [7, 11) is 0. The minimum Gasteiger partial charge on any atom is -0.394 e. The van der Waals surface area contributed by atoms with Gasteiger partial charge in [0.05, 0.1) is 38.6 Å². The SMILES string of the molecule is CCCCC/C=C\C/C=C\CCCCCCCCCCCC(=O)NC(COC1OC(CO)C(OC2OC(CO)C(OC3OC(CO)C(O)C(O)C3O)C(O)C2O)C(O)C1O)C(O)/C=C/CCCCCCCCCCCCCCCCCCCCCCCCCCCCCC. The van der Waals surface area contributed by atoms with Gasteiger partial charge in [-0.1, -0.05) is 281 Å². The third-order valence-corrected chi connectivity index (χ3v) is 19.2. The molecule has 3 saturated heterocycles. The van der Waals surface area contributed by atoms with Crippen molar-refractivity contribution in [1.29, 1.82) is 0 Å². The van der Waals surface area contributed by atoms with Crippen LogP contribution in [0.4, 0.5) is 0 Å². The van der Waals surface area contributed by atoms with Gasteiger partial charge in [0.1, 0.15) is 73.2 Å². The van der Waals surface area contributed by atoms with Crippen LogP contribution in [0.5, 0.6) is 0 Å². The molecule has 17 atom stereocenters. The lowest BCUT2D eigenvalue weighted by molar-refractivity contribution is -0.379. The van der Waals surface area contributed by atoms with E-state index in [1.807, 2.05) is 6.08 Å². The number of allylic oxidation sites excluding steroid dienone is 5. The van der Waals surface area contributed by atoms with E-state index < -0.39 is 124 Å². The van der Waals surface area contributed by atoms with Gasteiger partial charge in [-0.15, -0.1) is 0 Å². The average Bonchev–Trinajstić information content (AvgIpc) is 0.787. The van der Waals surface area contributed by atoms with Gasteiger partial charge in [-0.05, 0) is 51.4 Å². The molecule has 19 nitrogen and oxygen atoms in total.